The van der Waals surface area contributed by atoms with Gasteiger partial charge in [0, 0.05) is 25.1 Å². The number of nitrogens with one attached hydrogen (secondary N) is 1. The highest BCUT2D eigenvalue weighted by atomic mass is 16.5. The summed E-state index contributed by atoms with van der Waals surface area (Å²) in [5.41, 5.74) is 1.33. The standard InChI is InChI=1S/C10H17NO/c1-2-12-9-4-3-6-10-7-5-8-11-10/h5,7-8,11H,2-4,6,9H2,1H3. The monoisotopic (exact) mass is 167 g/mol. The second-order valence-corrected chi connectivity index (χ2v) is 2.85. The SMILES string of the molecule is CCOCCCCc1ccc[nH]1. The van der Waals surface area contributed by atoms with Crippen molar-refractivity contribution in [2.45, 2.75) is 26.2 Å². The summed E-state index contributed by atoms with van der Waals surface area (Å²) >= 11 is 0. The summed E-state index contributed by atoms with van der Waals surface area (Å²) in [4.78, 5) is 3.19. The third-order valence-electron chi connectivity index (χ3n) is 1.85. The molecule has 0 aliphatic heterocycles. The quantitative estimate of drug-likeness (QED) is 0.646. The van der Waals surface area contributed by atoms with Gasteiger partial charge in [0.1, 0.15) is 0 Å². The number of aromatic amines is 1. The van der Waals surface area contributed by atoms with E-state index in [9.17, 15) is 0 Å². The first-order chi connectivity index (χ1) is 5.93. The van der Waals surface area contributed by atoms with Crippen LogP contribution >= 0.6 is 0 Å². The van der Waals surface area contributed by atoms with Crippen LogP contribution in [0.5, 0.6) is 0 Å². The average Bonchev–Trinajstić information content (AvgIpc) is 2.57. The second kappa shape index (κ2) is 5.84. The van der Waals surface area contributed by atoms with Gasteiger partial charge >= 0.3 is 0 Å². The zero-order valence-electron chi connectivity index (χ0n) is 7.68. The Morgan fingerprint density at radius 1 is 1.42 bits per heavy atom. The van der Waals surface area contributed by atoms with Crippen molar-refractivity contribution in [2.75, 3.05) is 13.2 Å². The van der Waals surface area contributed by atoms with Crippen molar-refractivity contribution < 1.29 is 4.74 Å². The van der Waals surface area contributed by atoms with E-state index in [1.165, 1.54) is 12.1 Å². The second-order valence-electron chi connectivity index (χ2n) is 2.85. The van der Waals surface area contributed by atoms with E-state index in [0.29, 0.717) is 0 Å². The molecule has 0 aromatic carbocycles. The van der Waals surface area contributed by atoms with Gasteiger partial charge < -0.3 is 9.72 Å². The van der Waals surface area contributed by atoms with Gasteiger partial charge in [-0.2, -0.15) is 0 Å². The maximum Gasteiger partial charge on any atom is 0.0466 e. The molecular formula is C10H17NO. The molecule has 0 saturated carbocycles. The van der Waals surface area contributed by atoms with Gasteiger partial charge in [-0.15, -0.1) is 0 Å². The van der Waals surface area contributed by atoms with Gasteiger partial charge in [0.05, 0.1) is 0 Å². The Kier molecular flexibility index (Phi) is 4.54. The minimum absolute atomic E-state index is 0.836. The first-order valence-corrected chi connectivity index (χ1v) is 4.63. The summed E-state index contributed by atoms with van der Waals surface area (Å²) in [6.45, 7) is 3.77. The molecule has 0 saturated heterocycles. The van der Waals surface area contributed by atoms with Gasteiger partial charge in [-0.3, -0.25) is 0 Å². The minimum Gasteiger partial charge on any atom is -0.382 e. The molecule has 0 atom stereocenters. The fraction of sp³-hybridized carbons (Fsp3) is 0.600. The molecule has 68 valence electrons. The van der Waals surface area contributed by atoms with Crippen molar-refractivity contribution >= 4 is 0 Å². The van der Waals surface area contributed by atoms with Crippen molar-refractivity contribution in [1.82, 2.24) is 4.98 Å². The molecule has 0 spiro atoms. The van der Waals surface area contributed by atoms with E-state index >= 15 is 0 Å². The Morgan fingerprint density at radius 3 is 3.00 bits per heavy atom. The van der Waals surface area contributed by atoms with Crippen LogP contribution in [0.3, 0.4) is 0 Å². The van der Waals surface area contributed by atoms with Crippen LogP contribution in [0, 0.1) is 0 Å². The molecule has 1 heterocycles. The van der Waals surface area contributed by atoms with Crippen molar-refractivity contribution in [1.29, 1.82) is 0 Å². The Balaban J connectivity index is 1.96. The van der Waals surface area contributed by atoms with Crippen molar-refractivity contribution in [3.05, 3.63) is 24.0 Å². The summed E-state index contributed by atoms with van der Waals surface area (Å²) in [6.07, 6.45) is 5.48. The fourth-order valence-electron chi connectivity index (χ4n) is 1.19. The number of ether oxygens (including phenoxy) is 1. The summed E-state index contributed by atoms with van der Waals surface area (Å²) < 4.78 is 5.24. The van der Waals surface area contributed by atoms with Crippen molar-refractivity contribution in [3.8, 4) is 0 Å². The van der Waals surface area contributed by atoms with E-state index in [2.05, 4.69) is 11.1 Å². The van der Waals surface area contributed by atoms with Gasteiger partial charge in [0.2, 0.25) is 0 Å². The summed E-state index contributed by atoms with van der Waals surface area (Å²) in [5.74, 6) is 0. The third kappa shape index (κ3) is 3.58. The molecule has 2 heteroatoms. The van der Waals surface area contributed by atoms with Gasteiger partial charge in [-0.25, -0.2) is 0 Å². The maximum atomic E-state index is 5.24. The van der Waals surface area contributed by atoms with Crippen LogP contribution in [-0.4, -0.2) is 18.2 Å². The minimum atomic E-state index is 0.836. The molecule has 1 rings (SSSR count). The molecule has 0 bridgehead atoms. The van der Waals surface area contributed by atoms with Crippen molar-refractivity contribution in [2.24, 2.45) is 0 Å². The molecule has 1 N–H and O–H groups in total. The molecule has 0 aliphatic carbocycles. The molecule has 0 amide bonds. The first kappa shape index (κ1) is 9.33. The predicted octanol–water partition coefficient (Wildman–Crippen LogP) is 2.37. The average molecular weight is 167 g/mol. The van der Waals surface area contributed by atoms with E-state index in [-0.39, 0.29) is 0 Å². The lowest BCUT2D eigenvalue weighted by Crippen LogP contribution is -1.94. The largest absolute Gasteiger partial charge is 0.382 e. The van der Waals surface area contributed by atoms with Gasteiger partial charge in [-0.05, 0) is 38.3 Å². The number of hydrogen-bond acceptors (Lipinski definition) is 1. The molecule has 12 heavy (non-hydrogen) atoms. The highest BCUT2D eigenvalue weighted by Gasteiger charge is 1.92. The first-order valence-electron chi connectivity index (χ1n) is 4.63. The molecule has 2 nitrogen and oxygen atoms in total. The number of hydrogen-bond donors (Lipinski definition) is 1. The van der Waals surface area contributed by atoms with E-state index in [0.717, 1.165) is 26.1 Å². The lowest BCUT2D eigenvalue weighted by atomic mass is 10.2. The Morgan fingerprint density at radius 2 is 2.33 bits per heavy atom. The molecule has 0 aliphatic rings. The lowest BCUT2D eigenvalue weighted by Gasteiger charge is -1.99. The molecule has 0 fully saturated rings. The van der Waals surface area contributed by atoms with Crippen LogP contribution in [-0.2, 0) is 11.2 Å². The molecule has 1 aromatic heterocycles. The van der Waals surface area contributed by atoms with Gasteiger partial charge in [-0.1, -0.05) is 0 Å². The van der Waals surface area contributed by atoms with E-state index < -0.39 is 0 Å². The lowest BCUT2D eigenvalue weighted by molar-refractivity contribution is 0.143. The summed E-state index contributed by atoms with van der Waals surface area (Å²) in [7, 11) is 0. The van der Waals surface area contributed by atoms with E-state index in [1.807, 2.05) is 19.2 Å². The molecular weight excluding hydrogens is 150 g/mol. The van der Waals surface area contributed by atoms with Gasteiger partial charge in [0.15, 0.2) is 0 Å². The Labute approximate surface area is 73.9 Å². The fourth-order valence-corrected chi connectivity index (χ4v) is 1.19. The van der Waals surface area contributed by atoms with Crippen LogP contribution in [0.4, 0.5) is 0 Å². The molecule has 1 aromatic rings. The maximum absolute atomic E-state index is 5.24. The Bertz CT molecular complexity index is 182. The third-order valence-corrected chi connectivity index (χ3v) is 1.85. The highest BCUT2D eigenvalue weighted by Crippen LogP contribution is 2.01. The number of unbranched alkanes of at least 4 members (excludes halogenated alkanes) is 1. The van der Waals surface area contributed by atoms with Crippen LogP contribution in [0.2, 0.25) is 0 Å². The van der Waals surface area contributed by atoms with E-state index in [4.69, 9.17) is 4.74 Å². The van der Waals surface area contributed by atoms with Crippen LogP contribution in [0.15, 0.2) is 18.3 Å². The highest BCUT2D eigenvalue weighted by molar-refractivity contribution is 5.03. The topological polar surface area (TPSA) is 25.0 Å². The zero-order valence-corrected chi connectivity index (χ0v) is 7.68. The number of aromatic nitrogens is 1. The Hall–Kier alpha value is -0.760. The number of H-pyrrole nitrogens is 1. The number of rotatable bonds is 6. The van der Waals surface area contributed by atoms with Gasteiger partial charge in [0.25, 0.3) is 0 Å². The number of aryl methyl sites for hydroxylation is 1. The van der Waals surface area contributed by atoms with Crippen LogP contribution in [0.25, 0.3) is 0 Å². The summed E-state index contributed by atoms with van der Waals surface area (Å²) in [5, 5.41) is 0. The van der Waals surface area contributed by atoms with Crippen LogP contribution in [0.1, 0.15) is 25.5 Å². The van der Waals surface area contributed by atoms with Crippen molar-refractivity contribution in [3.63, 3.8) is 0 Å². The molecule has 0 radical (unpaired) electrons. The summed E-state index contributed by atoms with van der Waals surface area (Å²) in [6, 6.07) is 4.17. The van der Waals surface area contributed by atoms with E-state index in [1.54, 1.807) is 0 Å². The normalized spacial score (nSPS) is 10.4. The molecule has 0 unspecified atom stereocenters. The van der Waals surface area contributed by atoms with Crippen LogP contribution < -0.4 is 0 Å². The predicted molar refractivity (Wildman–Crippen MR) is 50.2 cm³/mol. The zero-order chi connectivity index (χ0) is 8.65. The smallest absolute Gasteiger partial charge is 0.0466 e.